The Morgan fingerprint density at radius 1 is 1.30 bits per heavy atom. The first-order chi connectivity index (χ1) is 4.84. The second-order valence-corrected chi connectivity index (χ2v) is 2.00. The van der Waals surface area contributed by atoms with Gasteiger partial charge in [-0.2, -0.15) is 0 Å². The second-order valence-electron chi connectivity index (χ2n) is 2.00. The maximum atomic E-state index is 12.7. The molecule has 0 aliphatic heterocycles. The van der Waals surface area contributed by atoms with Crippen LogP contribution in [0.5, 0.6) is 0 Å². The van der Waals surface area contributed by atoms with Gasteiger partial charge in [0.1, 0.15) is 5.83 Å². The van der Waals surface area contributed by atoms with Crippen LogP contribution >= 0.6 is 0 Å². The highest BCUT2D eigenvalue weighted by molar-refractivity contribution is 5.58. The van der Waals surface area contributed by atoms with Crippen LogP contribution < -0.4 is 0 Å². The minimum atomic E-state index is -0.166. The van der Waals surface area contributed by atoms with Gasteiger partial charge < -0.3 is 0 Å². The largest absolute Gasteiger partial charge is 0.207 e. The third-order valence-corrected chi connectivity index (χ3v) is 1.30. The lowest BCUT2D eigenvalue weighted by Gasteiger charge is -1.93. The molecule has 0 atom stereocenters. The molecule has 0 saturated heterocycles. The van der Waals surface area contributed by atoms with Crippen molar-refractivity contribution in [2.24, 2.45) is 0 Å². The molecule has 1 heteroatoms. The predicted molar refractivity (Wildman–Crippen MR) is 41.2 cm³/mol. The van der Waals surface area contributed by atoms with Crippen molar-refractivity contribution in [3.63, 3.8) is 0 Å². The first-order valence-electron chi connectivity index (χ1n) is 3.22. The van der Waals surface area contributed by atoms with Crippen molar-refractivity contribution in [1.29, 1.82) is 0 Å². The molecular formula is C9H9F. The Morgan fingerprint density at radius 2 is 1.90 bits per heavy atom. The zero-order valence-corrected chi connectivity index (χ0v) is 5.84. The zero-order chi connectivity index (χ0) is 7.40. The SMILES string of the molecule is CC=C(F)c1ccccc1. The molecule has 10 heavy (non-hydrogen) atoms. The lowest BCUT2D eigenvalue weighted by Crippen LogP contribution is -1.73. The molecule has 0 radical (unpaired) electrons. The van der Waals surface area contributed by atoms with Gasteiger partial charge >= 0.3 is 0 Å². The van der Waals surface area contributed by atoms with E-state index in [4.69, 9.17) is 0 Å². The highest BCUT2D eigenvalue weighted by Crippen LogP contribution is 2.13. The van der Waals surface area contributed by atoms with E-state index < -0.39 is 0 Å². The molecule has 0 nitrogen and oxygen atoms in total. The van der Waals surface area contributed by atoms with E-state index in [1.54, 1.807) is 19.1 Å². The van der Waals surface area contributed by atoms with Gasteiger partial charge in [0.15, 0.2) is 0 Å². The van der Waals surface area contributed by atoms with Gasteiger partial charge in [-0.3, -0.25) is 0 Å². The number of allylic oxidation sites excluding steroid dienone is 1. The molecule has 0 N–H and O–H groups in total. The van der Waals surface area contributed by atoms with Crippen molar-refractivity contribution < 1.29 is 4.39 Å². The summed E-state index contributed by atoms with van der Waals surface area (Å²) in [4.78, 5) is 0. The van der Waals surface area contributed by atoms with Crippen LogP contribution in [0.3, 0.4) is 0 Å². The predicted octanol–water partition coefficient (Wildman–Crippen LogP) is 3.02. The highest BCUT2D eigenvalue weighted by Gasteiger charge is 1.93. The lowest BCUT2D eigenvalue weighted by atomic mass is 10.2. The van der Waals surface area contributed by atoms with Gasteiger partial charge in [-0.05, 0) is 6.92 Å². The van der Waals surface area contributed by atoms with Gasteiger partial charge in [-0.25, -0.2) is 4.39 Å². The number of benzene rings is 1. The molecule has 0 heterocycles. The molecule has 0 unspecified atom stereocenters. The Hall–Kier alpha value is -1.11. The summed E-state index contributed by atoms with van der Waals surface area (Å²) in [6.07, 6.45) is 1.45. The normalized spacial score (nSPS) is 11.6. The Bertz CT molecular complexity index is 224. The van der Waals surface area contributed by atoms with Crippen LogP contribution in [0.25, 0.3) is 5.83 Å². The average Bonchev–Trinajstić information content (AvgIpc) is 2.05. The molecule has 0 aliphatic rings. The van der Waals surface area contributed by atoms with E-state index >= 15 is 0 Å². The fourth-order valence-electron chi connectivity index (χ4n) is 0.764. The maximum Gasteiger partial charge on any atom is 0.126 e. The quantitative estimate of drug-likeness (QED) is 0.556. The van der Waals surface area contributed by atoms with E-state index in [9.17, 15) is 4.39 Å². The minimum absolute atomic E-state index is 0.166. The molecule has 0 aromatic heterocycles. The molecule has 1 aromatic rings. The van der Waals surface area contributed by atoms with Gasteiger partial charge in [0, 0.05) is 5.56 Å². The molecule has 1 aromatic carbocycles. The molecule has 0 aliphatic carbocycles. The second kappa shape index (κ2) is 3.16. The first kappa shape index (κ1) is 7.00. The van der Waals surface area contributed by atoms with Gasteiger partial charge in [-0.15, -0.1) is 0 Å². The first-order valence-corrected chi connectivity index (χ1v) is 3.22. The van der Waals surface area contributed by atoms with Crippen LogP contribution in [-0.2, 0) is 0 Å². The number of hydrogen-bond acceptors (Lipinski definition) is 0. The Balaban J connectivity index is 2.96. The Kier molecular flexibility index (Phi) is 2.21. The molecule has 0 amide bonds. The Labute approximate surface area is 60.0 Å². The van der Waals surface area contributed by atoms with Crippen molar-refractivity contribution >= 4 is 5.83 Å². The van der Waals surface area contributed by atoms with E-state index in [1.165, 1.54) is 6.08 Å². The summed E-state index contributed by atoms with van der Waals surface area (Å²) in [6.45, 7) is 1.68. The fourth-order valence-corrected chi connectivity index (χ4v) is 0.764. The van der Waals surface area contributed by atoms with Crippen molar-refractivity contribution in [2.75, 3.05) is 0 Å². The number of halogens is 1. The van der Waals surface area contributed by atoms with Crippen LogP contribution in [0, 0.1) is 0 Å². The minimum Gasteiger partial charge on any atom is -0.207 e. The summed E-state index contributed by atoms with van der Waals surface area (Å²) in [7, 11) is 0. The van der Waals surface area contributed by atoms with E-state index in [2.05, 4.69) is 0 Å². The molecular weight excluding hydrogens is 127 g/mol. The van der Waals surface area contributed by atoms with Crippen LogP contribution in [0.1, 0.15) is 12.5 Å². The summed E-state index contributed by atoms with van der Waals surface area (Å²) in [5, 5.41) is 0. The standard InChI is InChI=1S/C9H9F/c1-2-9(10)8-6-4-3-5-7-8/h2-7H,1H3. The van der Waals surface area contributed by atoms with Gasteiger partial charge in [0.25, 0.3) is 0 Å². The summed E-state index contributed by atoms with van der Waals surface area (Å²) < 4.78 is 12.7. The zero-order valence-electron chi connectivity index (χ0n) is 5.84. The number of hydrogen-bond donors (Lipinski definition) is 0. The smallest absolute Gasteiger partial charge is 0.126 e. The maximum absolute atomic E-state index is 12.7. The Morgan fingerprint density at radius 3 is 2.40 bits per heavy atom. The topological polar surface area (TPSA) is 0 Å². The van der Waals surface area contributed by atoms with Gasteiger partial charge in [-0.1, -0.05) is 36.4 Å². The molecule has 0 spiro atoms. The monoisotopic (exact) mass is 136 g/mol. The summed E-state index contributed by atoms with van der Waals surface area (Å²) >= 11 is 0. The van der Waals surface area contributed by atoms with Gasteiger partial charge in [0.05, 0.1) is 0 Å². The van der Waals surface area contributed by atoms with Crippen molar-refractivity contribution in [3.05, 3.63) is 42.0 Å². The van der Waals surface area contributed by atoms with E-state index in [0.717, 1.165) is 0 Å². The summed E-state index contributed by atoms with van der Waals surface area (Å²) in [5.41, 5.74) is 0.644. The van der Waals surface area contributed by atoms with Crippen LogP contribution in [-0.4, -0.2) is 0 Å². The molecule has 1 rings (SSSR count). The molecule has 0 saturated carbocycles. The van der Waals surface area contributed by atoms with E-state index in [1.807, 2.05) is 18.2 Å². The third kappa shape index (κ3) is 1.44. The molecule has 52 valence electrons. The van der Waals surface area contributed by atoms with E-state index in [-0.39, 0.29) is 5.83 Å². The van der Waals surface area contributed by atoms with Crippen molar-refractivity contribution in [3.8, 4) is 0 Å². The van der Waals surface area contributed by atoms with Crippen molar-refractivity contribution in [1.82, 2.24) is 0 Å². The fraction of sp³-hybridized carbons (Fsp3) is 0.111. The van der Waals surface area contributed by atoms with Crippen LogP contribution in [0.15, 0.2) is 36.4 Å². The summed E-state index contributed by atoms with van der Waals surface area (Å²) in [6, 6.07) is 8.99. The van der Waals surface area contributed by atoms with E-state index in [0.29, 0.717) is 5.56 Å². The summed E-state index contributed by atoms with van der Waals surface area (Å²) in [5.74, 6) is -0.166. The third-order valence-electron chi connectivity index (χ3n) is 1.30. The molecule has 0 bridgehead atoms. The van der Waals surface area contributed by atoms with Gasteiger partial charge in [0.2, 0.25) is 0 Å². The lowest BCUT2D eigenvalue weighted by molar-refractivity contribution is 0.758. The average molecular weight is 136 g/mol. The highest BCUT2D eigenvalue weighted by atomic mass is 19.1. The van der Waals surface area contributed by atoms with Crippen LogP contribution in [0.4, 0.5) is 4.39 Å². The van der Waals surface area contributed by atoms with Crippen LogP contribution in [0.2, 0.25) is 0 Å². The van der Waals surface area contributed by atoms with Crippen molar-refractivity contribution in [2.45, 2.75) is 6.92 Å². The molecule has 0 fully saturated rings. The number of rotatable bonds is 1.